The lowest BCUT2D eigenvalue weighted by molar-refractivity contribution is 0.752. The summed E-state index contributed by atoms with van der Waals surface area (Å²) < 4.78 is 0. The third-order valence-electron chi connectivity index (χ3n) is 2.93. The number of hydrogen-bond acceptors (Lipinski definition) is 7. The predicted octanol–water partition coefficient (Wildman–Crippen LogP) is 2.16. The minimum atomic E-state index is 0.260. The van der Waals surface area contributed by atoms with E-state index in [1.165, 1.54) is 4.80 Å². The van der Waals surface area contributed by atoms with E-state index in [-0.39, 0.29) is 5.69 Å². The van der Waals surface area contributed by atoms with E-state index in [2.05, 4.69) is 30.9 Å². The molecule has 104 valence electrons. The van der Waals surface area contributed by atoms with Crippen molar-refractivity contribution in [1.29, 1.82) is 0 Å². The van der Waals surface area contributed by atoms with Crippen LogP contribution in [0.2, 0.25) is 0 Å². The highest BCUT2D eigenvalue weighted by Crippen LogP contribution is 2.30. The maximum atomic E-state index is 11.1. The van der Waals surface area contributed by atoms with Crippen LogP contribution in [0.15, 0.2) is 47.9 Å². The second-order valence-electron chi connectivity index (χ2n) is 4.17. The maximum Gasteiger partial charge on any atom is 0.148 e. The number of nitrogens with zero attached hydrogens (tertiary/aromatic N) is 6. The monoisotopic (exact) mass is 281 g/mol. The van der Waals surface area contributed by atoms with Crippen molar-refractivity contribution in [3.8, 4) is 16.9 Å². The van der Waals surface area contributed by atoms with E-state index in [4.69, 9.17) is 0 Å². The van der Waals surface area contributed by atoms with E-state index in [1.54, 1.807) is 49.8 Å². The fourth-order valence-corrected chi connectivity index (χ4v) is 1.89. The van der Waals surface area contributed by atoms with Gasteiger partial charge in [-0.1, -0.05) is 0 Å². The Labute approximate surface area is 119 Å². The third kappa shape index (κ3) is 2.46. The molecule has 3 rings (SSSR count). The van der Waals surface area contributed by atoms with Crippen molar-refractivity contribution >= 4 is 11.5 Å². The Morgan fingerprint density at radius 3 is 2.52 bits per heavy atom. The standard InChI is InChI=1S/C13H11N7O/c1-14-13-5-4-11(17-18-13)10-3-2-9(8-12(10)19-21)20-15-6-7-16-20/h2-8H,1H3,(H,14,18). The van der Waals surface area contributed by atoms with Crippen molar-refractivity contribution in [3.05, 3.63) is 47.6 Å². The molecule has 0 saturated heterocycles. The fourth-order valence-electron chi connectivity index (χ4n) is 1.89. The Hall–Kier alpha value is -3.16. The highest BCUT2D eigenvalue weighted by molar-refractivity contribution is 5.75. The summed E-state index contributed by atoms with van der Waals surface area (Å²) in [5.41, 5.74) is 2.09. The molecule has 0 unspecified atom stereocenters. The number of anilines is 1. The van der Waals surface area contributed by atoms with Gasteiger partial charge in [0.2, 0.25) is 0 Å². The molecule has 0 aliphatic carbocycles. The highest BCUT2D eigenvalue weighted by atomic mass is 16.3. The first-order chi connectivity index (χ1) is 10.3. The summed E-state index contributed by atoms with van der Waals surface area (Å²) in [6.45, 7) is 0. The van der Waals surface area contributed by atoms with Crippen LogP contribution in [0.25, 0.3) is 16.9 Å². The SMILES string of the molecule is CNc1ccc(-c2ccc(-n3nccn3)cc2N=O)nn1. The van der Waals surface area contributed by atoms with E-state index in [0.717, 1.165) is 0 Å². The molecule has 0 aliphatic rings. The second-order valence-corrected chi connectivity index (χ2v) is 4.17. The largest absolute Gasteiger partial charge is 0.372 e. The molecule has 3 aromatic rings. The molecule has 2 aromatic heterocycles. The first-order valence-corrected chi connectivity index (χ1v) is 6.18. The molecule has 0 amide bonds. The lowest BCUT2D eigenvalue weighted by Gasteiger charge is -2.06. The van der Waals surface area contributed by atoms with E-state index in [9.17, 15) is 4.91 Å². The van der Waals surface area contributed by atoms with Crippen LogP contribution in [-0.2, 0) is 0 Å². The molecular weight excluding hydrogens is 270 g/mol. The Bertz CT molecular complexity index is 753. The number of nitrogens with one attached hydrogen (secondary N) is 1. The molecule has 8 nitrogen and oxygen atoms in total. The minimum Gasteiger partial charge on any atom is -0.372 e. The number of aromatic nitrogens is 5. The Morgan fingerprint density at radius 2 is 1.90 bits per heavy atom. The van der Waals surface area contributed by atoms with Crippen molar-refractivity contribution in [3.63, 3.8) is 0 Å². The number of benzene rings is 1. The molecule has 0 aliphatic heterocycles. The zero-order valence-electron chi connectivity index (χ0n) is 11.1. The first-order valence-electron chi connectivity index (χ1n) is 6.18. The lowest BCUT2D eigenvalue weighted by Crippen LogP contribution is -1.99. The van der Waals surface area contributed by atoms with E-state index in [1.807, 2.05) is 0 Å². The van der Waals surface area contributed by atoms with Crippen molar-refractivity contribution < 1.29 is 0 Å². The molecule has 0 bridgehead atoms. The Balaban J connectivity index is 2.04. The maximum absolute atomic E-state index is 11.1. The molecule has 0 atom stereocenters. The van der Waals surface area contributed by atoms with Gasteiger partial charge in [0.25, 0.3) is 0 Å². The van der Waals surface area contributed by atoms with E-state index < -0.39 is 0 Å². The van der Waals surface area contributed by atoms with Crippen LogP contribution < -0.4 is 5.32 Å². The fraction of sp³-hybridized carbons (Fsp3) is 0.0769. The van der Waals surface area contributed by atoms with Gasteiger partial charge in [0.05, 0.1) is 23.8 Å². The van der Waals surface area contributed by atoms with Gasteiger partial charge >= 0.3 is 0 Å². The van der Waals surface area contributed by atoms with Crippen LogP contribution >= 0.6 is 0 Å². The molecule has 8 heteroatoms. The molecule has 0 saturated carbocycles. The second kappa shape index (κ2) is 5.45. The third-order valence-corrected chi connectivity index (χ3v) is 2.93. The van der Waals surface area contributed by atoms with Crippen LogP contribution in [0.5, 0.6) is 0 Å². The number of hydrogen-bond donors (Lipinski definition) is 1. The smallest absolute Gasteiger partial charge is 0.148 e. The summed E-state index contributed by atoms with van der Waals surface area (Å²) in [5.74, 6) is 0.650. The van der Waals surface area contributed by atoms with Crippen LogP contribution in [0.3, 0.4) is 0 Å². The molecule has 1 N–H and O–H groups in total. The van der Waals surface area contributed by atoms with Crippen LogP contribution in [-0.4, -0.2) is 32.2 Å². The van der Waals surface area contributed by atoms with Gasteiger partial charge < -0.3 is 5.32 Å². The van der Waals surface area contributed by atoms with Gasteiger partial charge in [-0.2, -0.15) is 15.0 Å². The summed E-state index contributed by atoms with van der Waals surface area (Å²) in [4.78, 5) is 12.5. The number of rotatable bonds is 4. The van der Waals surface area contributed by atoms with Gasteiger partial charge in [-0.15, -0.1) is 15.1 Å². The quantitative estimate of drug-likeness (QED) is 0.736. The zero-order valence-corrected chi connectivity index (χ0v) is 11.1. The van der Waals surface area contributed by atoms with Crippen molar-refractivity contribution in [2.75, 3.05) is 12.4 Å². The summed E-state index contributed by atoms with van der Waals surface area (Å²) in [6, 6.07) is 8.70. The van der Waals surface area contributed by atoms with Gasteiger partial charge in [-0.3, -0.25) is 0 Å². The molecule has 0 spiro atoms. The summed E-state index contributed by atoms with van der Waals surface area (Å²) in [6.07, 6.45) is 3.12. The minimum absolute atomic E-state index is 0.260. The number of nitroso groups, excluding NO2 is 1. The highest BCUT2D eigenvalue weighted by Gasteiger charge is 2.10. The first kappa shape index (κ1) is 12.9. The molecule has 2 heterocycles. The molecule has 1 aromatic carbocycles. The van der Waals surface area contributed by atoms with Gasteiger partial charge in [-0.25, -0.2) is 0 Å². The molecular formula is C13H11N7O. The Morgan fingerprint density at radius 1 is 1.10 bits per heavy atom. The zero-order chi connectivity index (χ0) is 14.7. The van der Waals surface area contributed by atoms with E-state index in [0.29, 0.717) is 22.8 Å². The van der Waals surface area contributed by atoms with Crippen molar-refractivity contribution in [1.82, 2.24) is 25.2 Å². The van der Waals surface area contributed by atoms with Crippen molar-refractivity contribution in [2.24, 2.45) is 5.18 Å². The molecule has 21 heavy (non-hydrogen) atoms. The Kier molecular flexibility index (Phi) is 3.34. The van der Waals surface area contributed by atoms with Crippen molar-refractivity contribution in [2.45, 2.75) is 0 Å². The average molecular weight is 281 g/mol. The lowest BCUT2D eigenvalue weighted by atomic mass is 10.1. The molecule has 0 fully saturated rings. The van der Waals surface area contributed by atoms with Gasteiger partial charge in [0, 0.05) is 12.6 Å². The summed E-state index contributed by atoms with van der Waals surface area (Å²) >= 11 is 0. The van der Waals surface area contributed by atoms with Crippen LogP contribution in [0.1, 0.15) is 0 Å². The normalized spacial score (nSPS) is 10.3. The van der Waals surface area contributed by atoms with Gasteiger partial charge in [0.1, 0.15) is 11.5 Å². The van der Waals surface area contributed by atoms with Gasteiger partial charge in [0.15, 0.2) is 0 Å². The molecule has 0 radical (unpaired) electrons. The van der Waals surface area contributed by atoms with Crippen LogP contribution in [0, 0.1) is 4.91 Å². The van der Waals surface area contributed by atoms with Gasteiger partial charge in [-0.05, 0) is 35.5 Å². The summed E-state index contributed by atoms with van der Waals surface area (Å²) in [5, 5.41) is 22.0. The predicted molar refractivity (Wildman–Crippen MR) is 77.4 cm³/mol. The van der Waals surface area contributed by atoms with Crippen LogP contribution in [0.4, 0.5) is 11.5 Å². The topological polar surface area (TPSA) is 98.0 Å². The van der Waals surface area contributed by atoms with E-state index >= 15 is 0 Å². The summed E-state index contributed by atoms with van der Waals surface area (Å²) in [7, 11) is 1.76. The average Bonchev–Trinajstić information content (AvgIpc) is 3.09.